The molecule has 0 unspecified atom stereocenters. The zero-order valence-electron chi connectivity index (χ0n) is 15.1. The molecule has 0 amide bonds. The van der Waals surface area contributed by atoms with Crippen molar-refractivity contribution in [1.29, 1.82) is 0 Å². The van der Waals surface area contributed by atoms with Crippen molar-refractivity contribution in [1.82, 2.24) is 0 Å². The third-order valence-corrected chi connectivity index (χ3v) is 5.34. The first-order chi connectivity index (χ1) is 13.4. The Morgan fingerprint density at radius 1 is 1.00 bits per heavy atom. The van der Waals surface area contributed by atoms with E-state index in [0.717, 1.165) is 34.1 Å². The first-order valence-corrected chi connectivity index (χ1v) is 11.0. The lowest BCUT2D eigenvalue weighted by molar-refractivity contribution is 0.307. The Labute approximate surface area is 169 Å². The van der Waals surface area contributed by atoms with Gasteiger partial charge in [-0.25, -0.2) is 8.42 Å². The van der Waals surface area contributed by atoms with Gasteiger partial charge in [0.05, 0.1) is 11.3 Å². The van der Waals surface area contributed by atoms with Gasteiger partial charge >= 0.3 is 0 Å². The molecule has 0 spiro atoms. The van der Waals surface area contributed by atoms with Crippen molar-refractivity contribution in [2.75, 3.05) is 11.0 Å². The van der Waals surface area contributed by atoms with Gasteiger partial charge in [0, 0.05) is 11.3 Å². The van der Waals surface area contributed by atoms with Crippen LogP contribution < -0.4 is 9.46 Å². The average molecular weight is 412 g/mol. The van der Waals surface area contributed by atoms with E-state index < -0.39 is 10.0 Å². The third kappa shape index (κ3) is 3.91. The summed E-state index contributed by atoms with van der Waals surface area (Å²) < 4.78 is 31.6. The van der Waals surface area contributed by atoms with E-state index in [1.165, 1.54) is 0 Å². The first kappa shape index (κ1) is 18.6. The fraction of sp³-hybridized carbons (Fsp3) is 0.0909. The molecule has 1 heterocycles. The van der Waals surface area contributed by atoms with Gasteiger partial charge in [-0.2, -0.15) is 0 Å². The molecule has 0 radical (unpaired) electrons. The van der Waals surface area contributed by atoms with Crippen LogP contribution in [0.15, 0.2) is 66.7 Å². The molecule has 1 N–H and O–H groups in total. The van der Waals surface area contributed by atoms with Crippen molar-refractivity contribution in [2.24, 2.45) is 0 Å². The first-order valence-electron chi connectivity index (χ1n) is 8.70. The molecule has 0 aliphatic carbocycles. The van der Waals surface area contributed by atoms with Crippen LogP contribution in [0.2, 0.25) is 5.02 Å². The Kier molecular flexibility index (Phi) is 4.87. The highest BCUT2D eigenvalue weighted by molar-refractivity contribution is 7.92. The van der Waals surface area contributed by atoms with Gasteiger partial charge in [0.1, 0.15) is 12.4 Å². The maximum Gasteiger partial charge on any atom is 0.229 e. The van der Waals surface area contributed by atoms with Gasteiger partial charge in [0.2, 0.25) is 10.0 Å². The number of rotatable bonds is 3. The monoisotopic (exact) mass is 411 g/mol. The minimum absolute atomic E-state index is 0.430. The summed E-state index contributed by atoms with van der Waals surface area (Å²) in [4.78, 5) is 0. The van der Waals surface area contributed by atoms with Crippen molar-refractivity contribution >= 4 is 39.0 Å². The van der Waals surface area contributed by atoms with Gasteiger partial charge in [-0.05, 0) is 46.5 Å². The number of hydrogen-bond acceptors (Lipinski definition) is 3. The van der Waals surface area contributed by atoms with E-state index in [-0.39, 0.29) is 0 Å². The van der Waals surface area contributed by atoms with Crippen LogP contribution in [0.1, 0.15) is 22.3 Å². The third-order valence-electron chi connectivity index (χ3n) is 4.44. The molecular formula is C22H18ClNO3S. The number of fused-ring (bicyclic) bond motifs is 2. The van der Waals surface area contributed by atoms with Gasteiger partial charge in [-0.15, -0.1) is 0 Å². The lowest BCUT2D eigenvalue weighted by atomic mass is 9.92. The minimum atomic E-state index is -3.34. The number of anilines is 1. The van der Waals surface area contributed by atoms with E-state index in [2.05, 4.69) is 10.8 Å². The topological polar surface area (TPSA) is 55.4 Å². The van der Waals surface area contributed by atoms with Crippen molar-refractivity contribution in [3.63, 3.8) is 0 Å². The molecular weight excluding hydrogens is 394 g/mol. The van der Waals surface area contributed by atoms with Crippen LogP contribution in [0.3, 0.4) is 0 Å². The SMILES string of the molecule is CS(=O)(=O)Nc1cccc(C=C2c3ccccc3COc3c(Cl)cccc32)c1. The fourth-order valence-corrected chi connectivity index (χ4v) is 4.08. The van der Waals surface area contributed by atoms with Crippen molar-refractivity contribution in [3.05, 3.63) is 94.0 Å². The zero-order chi connectivity index (χ0) is 19.7. The molecule has 28 heavy (non-hydrogen) atoms. The maximum atomic E-state index is 11.6. The van der Waals surface area contributed by atoms with Crippen molar-refractivity contribution in [3.8, 4) is 5.75 Å². The highest BCUT2D eigenvalue weighted by atomic mass is 35.5. The van der Waals surface area contributed by atoms with E-state index in [0.29, 0.717) is 23.1 Å². The van der Waals surface area contributed by atoms with Crippen LogP contribution in [0.25, 0.3) is 11.6 Å². The molecule has 0 saturated heterocycles. The van der Waals surface area contributed by atoms with Gasteiger partial charge < -0.3 is 4.74 Å². The summed E-state index contributed by atoms with van der Waals surface area (Å²) in [6.07, 6.45) is 3.16. The van der Waals surface area contributed by atoms with Crippen LogP contribution in [-0.2, 0) is 16.6 Å². The highest BCUT2D eigenvalue weighted by Crippen LogP contribution is 2.41. The minimum Gasteiger partial charge on any atom is -0.487 e. The summed E-state index contributed by atoms with van der Waals surface area (Å²) >= 11 is 6.39. The molecule has 1 aliphatic heterocycles. The largest absolute Gasteiger partial charge is 0.487 e. The molecule has 6 heteroatoms. The standard InChI is InChI=1S/C22H18ClNO3S/c1-28(25,26)24-17-8-4-6-15(12-17)13-20-18-9-3-2-7-16(18)14-27-22-19(20)10-5-11-21(22)23/h2-13,24H,14H2,1H3. The fourth-order valence-electron chi connectivity index (χ4n) is 3.30. The summed E-state index contributed by atoms with van der Waals surface area (Å²) in [5, 5.41) is 0.559. The number of sulfonamides is 1. The van der Waals surface area contributed by atoms with E-state index in [4.69, 9.17) is 16.3 Å². The van der Waals surface area contributed by atoms with Crippen molar-refractivity contribution < 1.29 is 13.2 Å². The molecule has 0 saturated carbocycles. The summed E-state index contributed by atoms with van der Waals surface area (Å²) in [5.41, 5.74) is 5.38. The van der Waals surface area contributed by atoms with Crippen LogP contribution in [0.4, 0.5) is 5.69 Å². The Morgan fingerprint density at radius 2 is 1.75 bits per heavy atom. The number of halogens is 1. The van der Waals surface area contributed by atoms with Crippen LogP contribution >= 0.6 is 11.6 Å². The number of nitrogens with one attached hydrogen (secondary N) is 1. The smallest absolute Gasteiger partial charge is 0.229 e. The lowest BCUT2D eigenvalue weighted by Gasteiger charge is -2.12. The molecule has 4 rings (SSSR count). The number of hydrogen-bond donors (Lipinski definition) is 1. The van der Waals surface area contributed by atoms with E-state index in [1.807, 2.05) is 54.6 Å². The van der Waals surface area contributed by atoms with Crippen LogP contribution in [0.5, 0.6) is 5.75 Å². The second-order valence-electron chi connectivity index (χ2n) is 6.62. The molecule has 3 aromatic rings. The number of benzene rings is 3. The molecule has 1 aliphatic rings. The number of para-hydroxylation sites is 1. The van der Waals surface area contributed by atoms with Gasteiger partial charge in [-0.1, -0.05) is 60.1 Å². The predicted molar refractivity (Wildman–Crippen MR) is 114 cm³/mol. The summed E-state index contributed by atoms with van der Waals surface area (Å²) in [5.74, 6) is 0.650. The molecule has 0 atom stereocenters. The molecule has 142 valence electrons. The normalized spacial score (nSPS) is 14.6. The molecule has 0 aromatic heterocycles. The molecule has 4 nitrogen and oxygen atoms in total. The van der Waals surface area contributed by atoms with Gasteiger partial charge in [-0.3, -0.25) is 4.72 Å². The maximum absolute atomic E-state index is 11.6. The zero-order valence-corrected chi connectivity index (χ0v) is 16.7. The highest BCUT2D eigenvalue weighted by Gasteiger charge is 2.20. The lowest BCUT2D eigenvalue weighted by Crippen LogP contribution is -2.09. The molecule has 0 fully saturated rings. The van der Waals surface area contributed by atoms with E-state index in [1.54, 1.807) is 12.1 Å². The Morgan fingerprint density at radius 3 is 2.57 bits per heavy atom. The van der Waals surface area contributed by atoms with Gasteiger partial charge in [0.25, 0.3) is 0 Å². The van der Waals surface area contributed by atoms with Crippen LogP contribution in [-0.4, -0.2) is 14.7 Å². The quantitative estimate of drug-likeness (QED) is 0.645. The van der Waals surface area contributed by atoms with E-state index >= 15 is 0 Å². The second-order valence-corrected chi connectivity index (χ2v) is 8.78. The Hall–Kier alpha value is -2.76. The summed E-state index contributed by atoms with van der Waals surface area (Å²) in [6, 6.07) is 21.0. The van der Waals surface area contributed by atoms with Crippen molar-refractivity contribution in [2.45, 2.75) is 6.61 Å². The van der Waals surface area contributed by atoms with E-state index in [9.17, 15) is 8.42 Å². The Balaban J connectivity index is 1.89. The van der Waals surface area contributed by atoms with Gasteiger partial charge in [0.15, 0.2) is 0 Å². The Bertz CT molecular complexity index is 1190. The average Bonchev–Trinajstić information content (AvgIpc) is 2.79. The molecule has 0 bridgehead atoms. The van der Waals surface area contributed by atoms with Crippen LogP contribution in [0, 0.1) is 0 Å². The predicted octanol–water partition coefficient (Wildman–Crippen LogP) is 5.19. The molecule has 3 aromatic carbocycles. The summed E-state index contributed by atoms with van der Waals surface area (Å²) in [7, 11) is -3.34. The number of ether oxygens (including phenoxy) is 1. The summed E-state index contributed by atoms with van der Waals surface area (Å²) in [6.45, 7) is 0.430. The second kappa shape index (κ2) is 7.34.